The molecule has 0 aliphatic rings. The van der Waals surface area contributed by atoms with Crippen molar-refractivity contribution in [1.82, 2.24) is 5.32 Å². The molecule has 0 saturated heterocycles. The summed E-state index contributed by atoms with van der Waals surface area (Å²) in [7, 11) is 1.31. The van der Waals surface area contributed by atoms with Crippen LogP contribution in [0.15, 0.2) is 60.8 Å². The van der Waals surface area contributed by atoms with E-state index in [9.17, 15) is 19.4 Å². The van der Waals surface area contributed by atoms with Crippen LogP contribution < -0.4 is 10.2 Å². The Kier molecular flexibility index (Phi) is 54.6. The number of phosphoric acid groups is 1. The van der Waals surface area contributed by atoms with Crippen LogP contribution in [0, 0.1) is 0 Å². The molecule has 2 N–H and O–H groups in total. The summed E-state index contributed by atoms with van der Waals surface area (Å²) in [4.78, 5) is 25.6. The van der Waals surface area contributed by atoms with Crippen LogP contribution in [-0.2, 0) is 18.4 Å². The maximum Gasteiger partial charge on any atom is 0.268 e. The van der Waals surface area contributed by atoms with Crippen LogP contribution in [0.1, 0.15) is 296 Å². The summed E-state index contributed by atoms with van der Waals surface area (Å²) in [6, 6.07) is -0.805. The van der Waals surface area contributed by atoms with Gasteiger partial charge < -0.3 is 28.8 Å². The van der Waals surface area contributed by atoms with E-state index in [-0.39, 0.29) is 19.1 Å². The number of phosphoric ester groups is 1. The quantitative estimate of drug-likeness (QED) is 0.0272. The summed E-state index contributed by atoms with van der Waals surface area (Å²) < 4.78 is 23.5. The van der Waals surface area contributed by atoms with Crippen molar-refractivity contribution in [3.63, 3.8) is 0 Å². The van der Waals surface area contributed by atoms with Gasteiger partial charge in [-0.15, -0.1) is 0 Å². The van der Waals surface area contributed by atoms with E-state index in [0.717, 1.165) is 70.6 Å². The standard InChI is InChI=1S/C65H123N2O6P/c1-6-8-10-12-14-16-18-20-22-24-26-28-30-31-32-33-34-35-37-39-41-43-45-47-49-51-53-55-57-59-65(69)66-63(62-73-74(70,71)72-61-60-67(3,4)5)64(68)58-56-54-52-50-48-46-44-42-40-38-36-29-27-25-23-21-19-17-15-13-11-9-7-2/h8,10,14,16,20,22,26,28,31-32,63-64,68H,6-7,9,11-13,15,17-19,21,23-25,27,29-30,33-62H2,1-5H3,(H-,66,69,70,71)/b10-8-,16-14-,22-20-,28-26-,32-31-. The molecule has 0 heterocycles. The molecule has 0 saturated carbocycles. The number of likely N-dealkylation sites (N-methyl/N-ethyl adjacent to an activating group) is 1. The Morgan fingerprint density at radius 2 is 0.824 bits per heavy atom. The monoisotopic (exact) mass is 1060 g/mol. The normalized spacial score (nSPS) is 14.2. The number of unbranched alkanes of at least 4 members (excludes halogenated alkanes) is 35. The maximum atomic E-state index is 13.0. The van der Waals surface area contributed by atoms with E-state index < -0.39 is 20.0 Å². The number of nitrogens with one attached hydrogen (secondary N) is 1. The molecule has 0 spiro atoms. The van der Waals surface area contributed by atoms with Crippen molar-refractivity contribution in [3.05, 3.63) is 60.8 Å². The summed E-state index contributed by atoms with van der Waals surface area (Å²) in [5.74, 6) is -0.164. The van der Waals surface area contributed by atoms with Gasteiger partial charge >= 0.3 is 0 Å². The minimum Gasteiger partial charge on any atom is -0.756 e. The van der Waals surface area contributed by atoms with Gasteiger partial charge in [-0.1, -0.05) is 293 Å². The molecule has 3 unspecified atom stereocenters. The van der Waals surface area contributed by atoms with E-state index in [0.29, 0.717) is 23.9 Å². The molecule has 434 valence electrons. The largest absolute Gasteiger partial charge is 0.756 e. The van der Waals surface area contributed by atoms with E-state index in [2.05, 4.69) is 79.9 Å². The summed E-state index contributed by atoms with van der Waals surface area (Å²) in [6.07, 6.45) is 75.5. The van der Waals surface area contributed by atoms with Crippen LogP contribution in [0.4, 0.5) is 0 Å². The molecular weight excluding hydrogens is 936 g/mol. The molecule has 0 bridgehead atoms. The van der Waals surface area contributed by atoms with Gasteiger partial charge in [-0.2, -0.15) is 0 Å². The number of aliphatic hydroxyl groups excluding tert-OH is 1. The lowest BCUT2D eigenvalue weighted by Gasteiger charge is -2.30. The minimum atomic E-state index is -4.58. The predicted octanol–water partition coefficient (Wildman–Crippen LogP) is 19.0. The average Bonchev–Trinajstić information content (AvgIpc) is 3.36. The third-order valence-corrected chi connectivity index (χ3v) is 15.2. The molecule has 9 heteroatoms. The number of allylic oxidation sites excluding steroid dienone is 10. The third kappa shape index (κ3) is 57.9. The van der Waals surface area contributed by atoms with Crippen LogP contribution in [-0.4, -0.2) is 68.5 Å². The molecule has 3 atom stereocenters. The number of amides is 1. The van der Waals surface area contributed by atoms with Gasteiger partial charge in [-0.05, 0) is 57.8 Å². The average molecular weight is 1060 g/mol. The fourth-order valence-corrected chi connectivity index (χ4v) is 10.1. The van der Waals surface area contributed by atoms with Gasteiger partial charge in [0.15, 0.2) is 0 Å². The molecule has 74 heavy (non-hydrogen) atoms. The first-order valence-electron chi connectivity index (χ1n) is 31.6. The molecule has 0 rings (SSSR count). The highest BCUT2D eigenvalue weighted by Gasteiger charge is 2.24. The molecule has 0 fully saturated rings. The maximum absolute atomic E-state index is 13.0. The zero-order valence-electron chi connectivity index (χ0n) is 49.5. The Bertz CT molecular complexity index is 1390. The Labute approximate surface area is 460 Å². The van der Waals surface area contributed by atoms with E-state index in [4.69, 9.17) is 9.05 Å². The van der Waals surface area contributed by atoms with Crippen LogP contribution in [0.3, 0.4) is 0 Å². The van der Waals surface area contributed by atoms with Crippen molar-refractivity contribution in [2.75, 3.05) is 40.9 Å². The first-order valence-corrected chi connectivity index (χ1v) is 33.1. The second-order valence-electron chi connectivity index (χ2n) is 22.7. The van der Waals surface area contributed by atoms with Gasteiger partial charge in [0.2, 0.25) is 5.91 Å². The van der Waals surface area contributed by atoms with Gasteiger partial charge in [-0.3, -0.25) is 9.36 Å². The number of quaternary nitrogens is 1. The number of carbonyl (C=O) groups excluding carboxylic acids is 1. The van der Waals surface area contributed by atoms with Crippen molar-refractivity contribution < 1.29 is 32.9 Å². The van der Waals surface area contributed by atoms with E-state index in [1.54, 1.807) is 0 Å². The molecule has 0 radical (unpaired) electrons. The van der Waals surface area contributed by atoms with Crippen LogP contribution in [0.2, 0.25) is 0 Å². The number of carbonyl (C=O) groups is 1. The van der Waals surface area contributed by atoms with Crippen LogP contribution in [0.25, 0.3) is 0 Å². The molecule has 0 aromatic heterocycles. The van der Waals surface area contributed by atoms with E-state index in [1.165, 1.54) is 199 Å². The molecule has 1 amide bonds. The lowest BCUT2D eigenvalue weighted by atomic mass is 10.0. The fraction of sp³-hybridized carbons (Fsp3) is 0.831. The molecule has 8 nitrogen and oxygen atoms in total. The second kappa shape index (κ2) is 55.9. The van der Waals surface area contributed by atoms with Gasteiger partial charge in [0.25, 0.3) is 7.82 Å². The summed E-state index contributed by atoms with van der Waals surface area (Å²) in [5.41, 5.74) is 0. The summed E-state index contributed by atoms with van der Waals surface area (Å²) >= 11 is 0. The van der Waals surface area contributed by atoms with Crippen molar-refractivity contribution in [3.8, 4) is 0 Å². The number of rotatable bonds is 58. The Morgan fingerprint density at radius 3 is 1.20 bits per heavy atom. The van der Waals surface area contributed by atoms with Crippen LogP contribution >= 0.6 is 7.82 Å². The molecule has 0 aliphatic carbocycles. The molecule has 0 aliphatic heterocycles. The fourth-order valence-electron chi connectivity index (χ4n) is 9.36. The molecule has 0 aromatic rings. The Morgan fingerprint density at radius 1 is 0.486 bits per heavy atom. The lowest BCUT2D eigenvalue weighted by Crippen LogP contribution is -2.46. The molecule has 0 aromatic carbocycles. The number of nitrogens with zero attached hydrogens (tertiary/aromatic N) is 1. The SMILES string of the molecule is CC/C=C\C/C=C\C/C=C\C/C=C\C/C=C\CCCCCCCCCCCCCCCC(=O)NC(COP(=O)([O-])OCC[N+](C)(C)C)C(O)CCCCCCCCCCCCCCCCCCCCCCCCC. The van der Waals surface area contributed by atoms with Gasteiger partial charge in [0.1, 0.15) is 13.2 Å². The third-order valence-electron chi connectivity index (χ3n) is 14.3. The van der Waals surface area contributed by atoms with E-state index >= 15 is 0 Å². The number of aliphatic hydroxyl groups is 1. The topological polar surface area (TPSA) is 108 Å². The zero-order chi connectivity index (χ0) is 54.2. The van der Waals surface area contributed by atoms with Gasteiger partial charge in [-0.25, -0.2) is 0 Å². The van der Waals surface area contributed by atoms with Gasteiger partial charge in [0, 0.05) is 6.42 Å². The van der Waals surface area contributed by atoms with Crippen molar-refractivity contribution in [2.24, 2.45) is 0 Å². The zero-order valence-corrected chi connectivity index (χ0v) is 50.4. The highest BCUT2D eigenvalue weighted by atomic mass is 31.2. The number of hydrogen-bond acceptors (Lipinski definition) is 6. The van der Waals surface area contributed by atoms with Gasteiger partial charge in [0.05, 0.1) is 39.9 Å². The van der Waals surface area contributed by atoms with Crippen LogP contribution in [0.5, 0.6) is 0 Å². The predicted molar refractivity (Wildman–Crippen MR) is 321 cm³/mol. The van der Waals surface area contributed by atoms with Crippen molar-refractivity contribution >= 4 is 13.7 Å². The highest BCUT2D eigenvalue weighted by Crippen LogP contribution is 2.38. The lowest BCUT2D eigenvalue weighted by molar-refractivity contribution is -0.870. The second-order valence-corrected chi connectivity index (χ2v) is 24.2. The number of hydrogen-bond donors (Lipinski definition) is 2. The first kappa shape index (κ1) is 72.2. The summed E-state index contributed by atoms with van der Waals surface area (Å²) in [5, 5.41) is 14.1. The Balaban J connectivity index is 4.10. The first-order chi connectivity index (χ1) is 36.0. The smallest absolute Gasteiger partial charge is 0.268 e. The van der Waals surface area contributed by atoms with E-state index in [1.807, 2.05) is 21.1 Å². The highest BCUT2D eigenvalue weighted by molar-refractivity contribution is 7.45. The summed E-state index contributed by atoms with van der Waals surface area (Å²) in [6.45, 7) is 4.64. The minimum absolute atomic E-state index is 0.0112. The molecular formula is C65H123N2O6P. The van der Waals surface area contributed by atoms with Crippen molar-refractivity contribution in [1.29, 1.82) is 0 Å². The van der Waals surface area contributed by atoms with Crippen molar-refractivity contribution in [2.45, 2.75) is 309 Å². The Hall–Kier alpha value is -1.80.